The van der Waals surface area contributed by atoms with E-state index in [9.17, 15) is 0 Å². The van der Waals surface area contributed by atoms with Crippen LogP contribution in [-0.4, -0.2) is 24.5 Å². The van der Waals surface area contributed by atoms with Crippen LogP contribution in [0.5, 0.6) is 0 Å². The Morgan fingerprint density at radius 3 is 2.67 bits per heavy atom. The van der Waals surface area contributed by atoms with Crippen LogP contribution < -0.4 is 5.64 Å². The third-order valence-corrected chi connectivity index (χ3v) is 1.39. The summed E-state index contributed by atoms with van der Waals surface area (Å²) in [6.07, 6.45) is 1.82. The zero-order valence-corrected chi connectivity index (χ0v) is 5.17. The molecule has 1 heterocycles. The van der Waals surface area contributed by atoms with Crippen LogP contribution in [0, 0.1) is 0 Å². The van der Waals surface area contributed by atoms with Crippen molar-refractivity contribution >= 4 is 0 Å². The standard InChI is InChI=1S/C5H11NO3/c7-6-9-5-1-3-8-4-2-5/h5-7H,1-4H2. The van der Waals surface area contributed by atoms with E-state index in [1.807, 2.05) is 0 Å². The first kappa shape index (κ1) is 6.95. The van der Waals surface area contributed by atoms with Gasteiger partial charge in [0.25, 0.3) is 0 Å². The number of hydrogen-bond donors (Lipinski definition) is 2. The van der Waals surface area contributed by atoms with E-state index >= 15 is 0 Å². The molecule has 0 saturated carbocycles. The van der Waals surface area contributed by atoms with Crippen molar-refractivity contribution in [2.45, 2.75) is 18.9 Å². The largest absolute Gasteiger partial charge is 0.381 e. The van der Waals surface area contributed by atoms with Crippen LogP contribution in [0.1, 0.15) is 12.8 Å². The predicted molar refractivity (Wildman–Crippen MR) is 29.8 cm³/mol. The van der Waals surface area contributed by atoms with E-state index in [0.29, 0.717) is 0 Å². The zero-order chi connectivity index (χ0) is 6.53. The maximum Gasteiger partial charge on any atom is 0.0861 e. The van der Waals surface area contributed by atoms with Crippen LogP contribution in [0.4, 0.5) is 0 Å². The van der Waals surface area contributed by atoms with Crippen LogP contribution in [0.25, 0.3) is 0 Å². The van der Waals surface area contributed by atoms with Gasteiger partial charge < -0.3 is 4.74 Å². The quantitative estimate of drug-likeness (QED) is 0.523. The Kier molecular flexibility index (Phi) is 2.93. The molecule has 1 aliphatic heterocycles. The molecule has 0 spiro atoms. The Bertz CT molecular complexity index is 69.8. The second-order valence-corrected chi connectivity index (χ2v) is 2.02. The first-order valence-electron chi connectivity index (χ1n) is 3.06. The normalized spacial score (nSPS) is 22.3. The molecule has 1 aliphatic rings. The monoisotopic (exact) mass is 133 g/mol. The van der Waals surface area contributed by atoms with Crippen molar-refractivity contribution < 1.29 is 14.8 Å². The van der Waals surface area contributed by atoms with Crippen LogP contribution in [-0.2, 0) is 9.57 Å². The van der Waals surface area contributed by atoms with Gasteiger partial charge in [-0.25, -0.2) is 0 Å². The molecule has 0 bridgehead atoms. The second kappa shape index (κ2) is 3.79. The highest BCUT2D eigenvalue weighted by Crippen LogP contribution is 2.08. The molecule has 0 amide bonds. The summed E-state index contributed by atoms with van der Waals surface area (Å²) in [5.74, 6) is 0. The van der Waals surface area contributed by atoms with Gasteiger partial charge in [0.1, 0.15) is 0 Å². The van der Waals surface area contributed by atoms with Gasteiger partial charge in [0.15, 0.2) is 0 Å². The third-order valence-electron chi connectivity index (χ3n) is 1.39. The molecule has 0 atom stereocenters. The lowest BCUT2D eigenvalue weighted by molar-refractivity contribution is -0.180. The molecule has 0 radical (unpaired) electrons. The lowest BCUT2D eigenvalue weighted by Gasteiger charge is -2.20. The molecular formula is C5H11NO3. The SMILES string of the molecule is ONOC1CCOCC1. The number of rotatable bonds is 2. The van der Waals surface area contributed by atoms with Crippen LogP contribution in [0.15, 0.2) is 0 Å². The summed E-state index contributed by atoms with van der Waals surface area (Å²) in [6.45, 7) is 1.46. The van der Waals surface area contributed by atoms with E-state index in [1.54, 1.807) is 5.64 Å². The van der Waals surface area contributed by atoms with E-state index in [4.69, 9.17) is 14.8 Å². The molecule has 0 aromatic heterocycles. The molecule has 4 heteroatoms. The number of nitrogens with one attached hydrogen (secondary N) is 1. The Hall–Kier alpha value is -0.160. The molecule has 1 rings (SSSR count). The van der Waals surface area contributed by atoms with Gasteiger partial charge in [-0.05, 0) is 12.8 Å². The Balaban J connectivity index is 2.08. The van der Waals surface area contributed by atoms with Crippen LogP contribution in [0.2, 0.25) is 0 Å². The van der Waals surface area contributed by atoms with Crippen molar-refractivity contribution in [1.82, 2.24) is 5.64 Å². The first-order chi connectivity index (χ1) is 4.43. The summed E-state index contributed by atoms with van der Waals surface area (Å²) >= 11 is 0. The highest BCUT2D eigenvalue weighted by atomic mass is 16.8. The minimum Gasteiger partial charge on any atom is -0.381 e. The van der Waals surface area contributed by atoms with Gasteiger partial charge in [-0.15, -0.1) is 0 Å². The molecule has 0 aromatic rings. The average molecular weight is 133 g/mol. The highest BCUT2D eigenvalue weighted by molar-refractivity contribution is 4.60. The molecular weight excluding hydrogens is 122 g/mol. The maximum absolute atomic E-state index is 8.11. The topological polar surface area (TPSA) is 50.7 Å². The summed E-state index contributed by atoms with van der Waals surface area (Å²) in [4.78, 5) is 4.71. The first-order valence-corrected chi connectivity index (χ1v) is 3.06. The molecule has 0 aliphatic carbocycles. The number of hydrogen-bond acceptors (Lipinski definition) is 4. The van der Waals surface area contributed by atoms with Gasteiger partial charge in [0.05, 0.1) is 6.10 Å². The molecule has 54 valence electrons. The molecule has 4 nitrogen and oxygen atoms in total. The average Bonchev–Trinajstić information content (AvgIpc) is 1.91. The van der Waals surface area contributed by atoms with Crippen molar-refractivity contribution in [3.05, 3.63) is 0 Å². The van der Waals surface area contributed by atoms with E-state index < -0.39 is 0 Å². The van der Waals surface area contributed by atoms with Gasteiger partial charge in [-0.3, -0.25) is 10.0 Å². The van der Waals surface area contributed by atoms with Gasteiger partial charge in [0.2, 0.25) is 0 Å². The third kappa shape index (κ3) is 2.28. The minimum absolute atomic E-state index is 0.115. The van der Waals surface area contributed by atoms with Crippen LogP contribution >= 0.6 is 0 Å². The fourth-order valence-electron chi connectivity index (χ4n) is 0.868. The van der Waals surface area contributed by atoms with E-state index in [0.717, 1.165) is 26.1 Å². The highest BCUT2D eigenvalue weighted by Gasteiger charge is 2.13. The summed E-state index contributed by atoms with van der Waals surface area (Å²) in [5.41, 5.74) is 1.68. The van der Waals surface area contributed by atoms with Crippen molar-refractivity contribution in [2.24, 2.45) is 0 Å². The zero-order valence-electron chi connectivity index (χ0n) is 5.17. The molecule has 9 heavy (non-hydrogen) atoms. The lowest BCUT2D eigenvalue weighted by atomic mass is 10.2. The second-order valence-electron chi connectivity index (χ2n) is 2.02. The Morgan fingerprint density at radius 1 is 1.44 bits per heavy atom. The van der Waals surface area contributed by atoms with Gasteiger partial charge in [-0.2, -0.15) is 0 Å². The fourth-order valence-corrected chi connectivity index (χ4v) is 0.868. The summed E-state index contributed by atoms with van der Waals surface area (Å²) in [7, 11) is 0. The summed E-state index contributed by atoms with van der Waals surface area (Å²) < 4.78 is 5.06. The summed E-state index contributed by atoms with van der Waals surface area (Å²) in [5, 5.41) is 8.11. The predicted octanol–water partition coefficient (Wildman–Crippen LogP) is 0.0758. The van der Waals surface area contributed by atoms with E-state index in [1.165, 1.54) is 0 Å². The number of ether oxygens (including phenoxy) is 1. The fraction of sp³-hybridized carbons (Fsp3) is 1.00. The van der Waals surface area contributed by atoms with Crippen molar-refractivity contribution in [2.75, 3.05) is 13.2 Å². The van der Waals surface area contributed by atoms with Crippen molar-refractivity contribution in [3.8, 4) is 0 Å². The van der Waals surface area contributed by atoms with Gasteiger partial charge >= 0.3 is 0 Å². The molecule has 0 unspecified atom stereocenters. The Morgan fingerprint density at radius 2 is 2.11 bits per heavy atom. The summed E-state index contributed by atoms with van der Waals surface area (Å²) in [6, 6.07) is 0. The smallest absolute Gasteiger partial charge is 0.0861 e. The lowest BCUT2D eigenvalue weighted by Crippen LogP contribution is -2.27. The van der Waals surface area contributed by atoms with E-state index in [2.05, 4.69) is 0 Å². The van der Waals surface area contributed by atoms with E-state index in [-0.39, 0.29) is 6.10 Å². The van der Waals surface area contributed by atoms with Gasteiger partial charge in [0, 0.05) is 13.2 Å². The maximum atomic E-state index is 8.11. The van der Waals surface area contributed by atoms with Crippen molar-refractivity contribution in [1.29, 1.82) is 0 Å². The van der Waals surface area contributed by atoms with Gasteiger partial charge in [-0.1, -0.05) is 5.64 Å². The van der Waals surface area contributed by atoms with Crippen LogP contribution in [0.3, 0.4) is 0 Å². The Labute approximate surface area is 53.7 Å². The molecule has 1 fully saturated rings. The molecule has 2 N–H and O–H groups in total. The minimum atomic E-state index is 0.115. The molecule has 1 saturated heterocycles. The van der Waals surface area contributed by atoms with Crippen molar-refractivity contribution in [3.63, 3.8) is 0 Å². The molecule has 0 aromatic carbocycles.